The van der Waals surface area contributed by atoms with Crippen LogP contribution in [0.1, 0.15) is 25.5 Å². The van der Waals surface area contributed by atoms with Gasteiger partial charge in [0.2, 0.25) is 15.9 Å². The van der Waals surface area contributed by atoms with Crippen LogP contribution in [0.2, 0.25) is 0 Å². The molecule has 0 spiro atoms. The van der Waals surface area contributed by atoms with Gasteiger partial charge in [0.15, 0.2) is 0 Å². The molecule has 2 aromatic carbocycles. The van der Waals surface area contributed by atoms with Gasteiger partial charge >= 0.3 is 0 Å². The molecule has 1 N–H and O–H groups in total. The molecule has 0 heterocycles. The molecule has 0 bridgehead atoms. The van der Waals surface area contributed by atoms with Crippen LogP contribution in [0.25, 0.3) is 0 Å². The van der Waals surface area contributed by atoms with E-state index in [0.29, 0.717) is 18.0 Å². The molecule has 152 valence electrons. The number of nitrogens with zero attached hydrogens (tertiary/aromatic N) is 1. The van der Waals surface area contributed by atoms with Gasteiger partial charge in [-0.3, -0.25) is 9.10 Å². The summed E-state index contributed by atoms with van der Waals surface area (Å²) >= 11 is 0. The van der Waals surface area contributed by atoms with Gasteiger partial charge in [0.05, 0.1) is 31.7 Å². The van der Waals surface area contributed by atoms with E-state index in [0.717, 1.165) is 21.9 Å². The van der Waals surface area contributed by atoms with Crippen molar-refractivity contribution >= 4 is 21.6 Å². The molecule has 28 heavy (non-hydrogen) atoms. The first-order chi connectivity index (χ1) is 13.2. The largest absolute Gasteiger partial charge is 0.497 e. The van der Waals surface area contributed by atoms with E-state index in [1.165, 1.54) is 0 Å². The number of nitrogens with one attached hydrogen (secondary N) is 1. The number of rotatable bonds is 9. The fourth-order valence-corrected chi connectivity index (χ4v) is 3.53. The van der Waals surface area contributed by atoms with E-state index in [9.17, 15) is 13.2 Å². The summed E-state index contributed by atoms with van der Waals surface area (Å²) in [6.45, 7) is 3.90. The predicted molar refractivity (Wildman–Crippen MR) is 109 cm³/mol. The number of hydrogen-bond acceptors (Lipinski definition) is 5. The highest BCUT2D eigenvalue weighted by Gasteiger charge is 2.22. The molecule has 0 aliphatic carbocycles. The highest BCUT2D eigenvalue weighted by atomic mass is 32.2. The van der Waals surface area contributed by atoms with Crippen molar-refractivity contribution in [3.8, 4) is 11.5 Å². The van der Waals surface area contributed by atoms with Gasteiger partial charge in [0.1, 0.15) is 18.0 Å². The lowest BCUT2D eigenvalue weighted by Crippen LogP contribution is -2.41. The zero-order chi connectivity index (χ0) is 20.7. The summed E-state index contributed by atoms with van der Waals surface area (Å²) in [7, 11) is -2.05. The van der Waals surface area contributed by atoms with Crippen molar-refractivity contribution < 1.29 is 22.7 Å². The summed E-state index contributed by atoms with van der Waals surface area (Å²) < 4.78 is 36.0. The Hall–Kier alpha value is -2.74. The molecule has 0 aliphatic rings. The first-order valence-electron chi connectivity index (χ1n) is 8.88. The minimum absolute atomic E-state index is 0.278. The predicted octanol–water partition coefficient (Wildman–Crippen LogP) is 2.74. The summed E-state index contributed by atoms with van der Waals surface area (Å²) in [5, 5.41) is 2.83. The minimum Gasteiger partial charge on any atom is -0.497 e. The standard InChI is InChI=1S/C20H26N2O5S/c1-5-27-19-12-8-17(9-13-19)22(28(4,24)25)14-20(23)21-15(2)16-6-10-18(26-3)11-7-16/h6-13,15H,5,14H2,1-4H3,(H,21,23). The number of methoxy groups -OCH3 is 1. The number of ether oxygens (including phenoxy) is 2. The SMILES string of the molecule is CCOc1ccc(N(CC(=O)NC(C)c2ccc(OC)cc2)S(C)(=O)=O)cc1. The van der Waals surface area contributed by atoms with E-state index >= 15 is 0 Å². The van der Waals surface area contributed by atoms with Gasteiger partial charge in [-0.25, -0.2) is 8.42 Å². The van der Waals surface area contributed by atoms with Crippen molar-refractivity contribution in [1.29, 1.82) is 0 Å². The van der Waals surface area contributed by atoms with Crippen molar-refractivity contribution in [3.05, 3.63) is 54.1 Å². The fraction of sp³-hybridized carbons (Fsp3) is 0.350. The van der Waals surface area contributed by atoms with Crippen LogP contribution in [0, 0.1) is 0 Å². The molecule has 1 unspecified atom stereocenters. The number of carbonyl (C=O) groups excluding carboxylic acids is 1. The van der Waals surface area contributed by atoms with Gasteiger partial charge < -0.3 is 14.8 Å². The number of carbonyl (C=O) groups is 1. The summed E-state index contributed by atoms with van der Waals surface area (Å²) in [5.74, 6) is 0.959. The number of anilines is 1. The Labute approximate surface area is 166 Å². The van der Waals surface area contributed by atoms with Crippen LogP contribution < -0.4 is 19.1 Å². The lowest BCUT2D eigenvalue weighted by molar-refractivity contribution is -0.120. The first kappa shape index (κ1) is 21.6. The Morgan fingerprint density at radius 3 is 2.14 bits per heavy atom. The molecule has 1 atom stereocenters. The Kier molecular flexibility index (Phi) is 7.28. The van der Waals surface area contributed by atoms with Gasteiger partial charge in [0.25, 0.3) is 0 Å². The lowest BCUT2D eigenvalue weighted by atomic mass is 10.1. The normalized spacial score (nSPS) is 12.1. The summed E-state index contributed by atoms with van der Waals surface area (Å²) in [6, 6.07) is 13.6. The first-order valence-corrected chi connectivity index (χ1v) is 10.7. The van der Waals surface area contributed by atoms with E-state index in [1.54, 1.807) is 43.5 Å². The Balaban J connectivity index is 2.10. The molecular formula is C20H26N2O5S. The quantitative estimate of drug-likeness (QED) is 0.692. The molecule has 1 amide bonds. The van der Waals surface area contributed by atoms with Crippen molar-refractivity contribution in [2.24, 2.45) is 0 Å². The van der Waals surface area contributed by atoms with E-state index in [-0.39, 0.29) is 12.6 Å². The number of sulfonamides is 1. The third kappa shape index (κ3) is 5.88. The summed E-state index contributed by atoms with van der Waals surface area (Å²) in [4.78, 5) is 12.5. The molecule has 0 aliphatic heterocycles. The molecule has 7 nitrogen and oxygen atoms in total. The lowest BCUT2D eigenvalue weighted by Gasteiger charge is -2.23. The smallest absolute Gasteiger partial charge is 0.241 e. The monoisotopic (exact) mass is 406 g/mol. The van der Waals surface area contributed by atoms with Gasteiger partial charge in [-0.1, -0.05) is 12.1 Å². The second-order valence-corrected chi connectivity index (χ2v) is 8.17. The van der Waals surface area contributed by atoms with Crippen LogP contribution in [0.5, 0.6) is 11.5 Å². The number of amides is 1. The molecule has 2 aromatic rings. The maximum absolute atomic E-state index is 12.5. The maximum atomic E-state index is 12.5. The number of benzene rings is 2. The van der Waals surface area contributed by atoms with Crippen LogP contribution in [-0.2, 0) is 14.8 Å². The maximum Gasteiger partial charge on any atom is 0.241 e. The van der Waals surface area contributed by atoms with Gasteiger partial charge in [-0.15, -0.1) is 0 Å². The highest BCUT2D eigenvalue weighted by Crippen LogP contribution is 2.22. The third-order valence-corrected chi connectivity index (χ3v) is 5.26. The van der Waals surface area contributed by atoms with Gasteiger partial charge in [0, 0.05) is 0 Å². The van der Waals surface area contributed by atoms with E-state index < -0.39 is 15.9 Å². The van der Waals surface area contributed by atoms with Crippen LogP contribution in [0.3, 0.4) is 0 Å². The van der Waals surface area contributed by atoms with Crippen LogP contribution in [-0.4, -0.2) is 40.8 Å². The van der Waals surface area contributed by atoms with Crippen LogP contribution in [0.15, 0.2) is 48.5 Å². The Morgan fingerprint density at radius 1 is 1.07 bits per heavy atom. The van der Waals surface area contributed by atoms with Gasteiger partial charge in [-0.2, -0.15) is 0 Å². The Morgan fingerprint density at radius 2 is 1.64 bits per heavy atom. The zero-order valence-corrected chi connectivity index (χ0v) is 17.3. The molecule has 0 fully saturated rings. The van der Waals surface area contributed by atoms with Crippen molar-refractivity contribution in [3.63, 3.8) is 0 Å². The average Bonchev–Trinajstić information content (AvgIpc) is 2.66. The Bertz CT molecular complexity index is 880. The van der Waals surface area contributed by atoms with Crippen molar-refractivity contribution in [2.75, 3.05) is 30.8 Å². The zero-order valence-electron chi connectivity index (χ0n) is 16.5. The molecular weight excluding hydrogens is 380 g/mol. The summed E-state index contributed by atoms with van der Waals surface area (Å²) in [6.07, 6.45) is 1.07. The molecule has 0 aromatic heterocycles. The van der Waals surface area contributed by atoms with Crippen LogP contribution >= 0.6 is 0 Å². The van der Waals surface area contributed by atoms with Crippen molar-refractivity contribution in [1.82, 2.24) is 5.32 Å². The van der Waals surface area contributed by atoms with E-state index in [2.05, 4.69) is 5.32 Å². The molecule has 2 rings (SSSR count). The van der Waals surface area contributed by atoms with Crippen molar-refractivity contribution in [2.45, 2.75) is 19.9 Å². The average molecular weight is 407 g/mol. The van der Waals surface area contributed by atoms with E-state index in [4.69, 9.17) is 9.47 Å². The minimum atomic E-state index is -3.63. The topological polar surface area (TPSA) is 84.9 Å². The molecule has 0 saturated heterocycles. The molecule has 8 heteroatoms. The molecule has 0 saturated carbocycles. The second-order valence-electron chi connectivity index (χ2n) is 6.26. The number of hydrogen-bond donors (Lipinski definition) is 1. The summed E-state index contributed by atoms with van der Waals surface area (Å²) in [5.41, 5.74) is 1.29. The van der Waals surface area contributed by atoms with Gasteiger partial charge in [-0.05, 0) is 55.8 Å². The fourth-order valence-electron chi connectivity index (χ4n) is 2.67. The van der Waals surface area contributed by atoms with Crippen LogP contribution in [0.4, 0.5) is 5.69 Å². The van der Waals surface area contributed by atoms with E-state index in [1.807, 2.05) is 26.0 Å². The second kappa shape index (κ2) is 9.45. The third-order valence-electron chi connectivity index (χ3n) is 4.12. The highest BCUT2D eigenvalue weighted by molar-refractivity contribution is 7.92. The molecule has 0 radical (unpaired) electrons.